The molecular formula is C38H39N3O3. The van der Waals surface area contributed by atoms with Crippen molar-refractivity contribution >= 4 is 29.7 Å². The highest BCUT2D eigenvalue weighted by Gasteiger charge is 2.23. The zero-order chi connectivity index (χ0) is 30.6. The number of hydrogen-bond acceptors (Lipinski definition) is 4. The first-order valence-electron chi connectivity index (χ1n) is 15.3. The predicted octanol–water partition coefficient (Wildman–Crippen LogP) is 6.18. The van der Waals surface area contributed by atoms with Gasteiger partial charge in [0.05, 0.1) is 12.6 Å². The van der Waals surface area contributed by atoms with Crippen LogP contribution in [0.2, 0.25) is 0 Å². The van der Waals surface area contributed by atoms with Gasteiger partial charge in [0.1, 0.15) is 0 Å². The van der Waals surface area contributed by atoms with Crippen LogP contribution in [0.15, 0.2) is 109 Å². The summed E-state index contributed by atoms with van der Waals surface area (Å²) in [5.74, 6) is -0.950. The number of nitrogens with zero attached hydrogens (tertiary/aromatic N) is 1. The minimum atomic E-state index is -0.814. The third kappa shape index (κ3) is 8.85. The van der Waals surface area contributed by atoms with Gasteiger partial charge in [0.15, 0.2) is 5.78 Å². The predicted molar refractivity (Wildman–Crippen MR) is 176 cm³/mol. The molecule has 1 saturated heterocycles. The number of Topliss-reactive ketones (excluding diaryl/α,β-unsaturated/α-hetero) is 1. The smallest absolute Gasteiger partial charge is 0.252 e. The third-order valence-electron chi connectivity index (χ3n) is 7.93. The molecule has 44 heavy (non-hydrogen) atoms. The lowest BCUT2D eigenvalue weighted by Gasteiger charge is -2.26. The average Bonchev–Trinajstić information content (AvgIpc) is 3.08. The van der Waals surface area contributed by atoms with Crippen molar-refractivity contribution in [2.24, 2.45) is 0 Å². The molecule has 5 rings (SSSR count). The molecule has 1 fully saturated rings. The molecule has 0 bridgehead atoms. The molecule has 1 aliphatic rings. The van der Waals surface area contributed by atoms with Gasteiger partial charge in [-0.1, -0.05) is 110 Å². The Morgan fingerprint density at radius 2 is 1.34 bits per heavy atom. The minimum Gasteiger partial charge on any atom is -0.345 e. The van der Waals surface area contributed by atoms with Gasteiger partial charge in [-0.05, 0) is 72.8 Å². The molecule has 6 nitrogen and oxygen atoms in total. The maximum atomic E-state index is 13.6. The van der Waals surface area contributed by atoms with Crippen LogP contribution >= 0.6 is 0 Å². The number of rotatable bonds is 12. The van der Waals surface area contributed by atoms with Gasteiger partial charge >= 0.3 is 0 Å². The van der Waals surface area contributed by atoms with Crippen LogP contribution in [-0.2, 0) is 17.8 Å². The Hall–Kier alpha value is -4.81. The first kappa shape index (κ1) is 30.6. The summed E-state index contributed by atoms with van der Waals surface area (Å²) in [6, 6.07) is 33.4. The van der Waals surface area contributed by atoms with Gasteiger partial charge in [0, 0.05) is 17.7 Å². The van der Waals surface area contributed by atoms with Gasteiger partial charge in [-0.15, -0.1) is 0 Å². The highest BCUT2D eigenvalue weighted by atomic mass is 16.2. The second kappa shape index (κ2) is 15.6. The number of nitrogens with one attached hydrogen (secondary N) is 2. The van der Waals surface area contributed by atoms with E-state index in [9.17, 15) is 14.4 Å². The average molecular weight is 586 g/mol. The summed E-state index contributed by atoms with van der Waals surface area (Å²) in [4.78, 5) is 42.0. The van der Waals surface area contributed by atoms with E-state index < -0.39 is 6.04 Å². The first-order valence-corrected chi connectivity index (χ1v) is 15.3. The molecule has 0 aromatic heterocycles. The van der Waals surface area contributed by atoms with Gasteiger partial charge in [-0.3, -0.25) is 19.3 Å². The van der Waals surface area contributed by atoms with E-state index in [1.807, 2.05) is 66.7 Å². The molecular weight excluding hydrogens is 546 g/mol. The fourth-order valence-electron chi connectivity index (χ4n) is 5.46. The molecule has 0 radical (unpaired) electrons. The molecule has 0 unspecified atom stereocenters. The summed E-state index contributed by atoms with van der Waals surface area (Å²) in [5.41, 5.74) is 4.97. The van der Waals surface area contributed by atoms with Gasteiger partial charge in [0.2, 0.25) is 0 Å². The molecule has 0 spiro atoms. The number of benzene rings is 4. The summed E-state index contributed by atoms with van der Waals surface area (Å²) in [7, 11) is 0. The normalized spacial score (nSPS) is 14.2. The van der Waals surface area contributed by atoms with Crippen LogP contribution in [0.1, 0.15) is 62.2 Å². The number of hydrogen-bond donors (Lipinski definition) is 2. The summed E-state index contributed by atoms with van der Waals surface area (Å²) in [6.07, 6.45) is 8.13. The Kier molecular flexibility index (Phi) is 10.9. The summed E-state index contributed by atoms with van der Waals surface area (Å²) in [6.45, 7) is 3.12. The van der Waals surface area contributed by atoms with Crippen molar-refractivity contribution in [3.8, 4) is 0 Å². The van der Waals surface area contributed by atoms with Crippen molar-refractivity contribution in [3.05, 3.63) is 143 Å². The molecule has 4 aromatic carbocycles. The molecule has 1 aliphatic heterocycles. The maximum absolute atomic E-state index is 13.6. The van der Waals surface area contributed by atoms with Crippen molar-refractivity contribution in [1.82, 2.24) is 15.5 Å². The van der Waals surface area contributed by atoms with E-state index in [2.05, 4.69) is 39.8 Å². The number of carbonyl (C=O) groups is 3. The molecule has 0 saturated carbocycles. The maximum Gasteiger partial charge on any atom is 0.252 e. The second-order valence-corrected chi connectivity index (χ2v) is 11.2. The fraction of sp³-hybridized carbons (Fsp3) is 0.237. The molecule has 2 amide bonds. The van der Waals surface area contributed by atoms with Gasteiger partial charge < -0.3 is 10.6 Å². The molecule has 4 aromatic rings. The van der Waals surface area contributed by atoms with Gasteiger partial charge in [0.25, 0.3) is 11.8 Å². The third-order valence-corrected chi connectivity index (χ3v) is 7.93. The number of likely N-dealkylation sites (tertiary alicyclic amines) is 1. The lowest BCUT2D eigenvalue weighted by Crippen LogP contribution is -2.46. The van der Waals surface area contributed by atoms with Crippen LogP contribution in [-0.4, -0.2) is 48.2 Å². The molecule has 0 aliphatic carbocycles. The number of ketones is 1. The number of carbonyl (C=O) groups excluding carboxylic acids is 3. The SMILES string of the molecule is O=C(NCC(=O)[C@H](Cc1ccccc1)NC(=O)c1ccccc1C=Cc1ccc(CN2CCCCC2)cc1)c1ccccc1. The Labute approximate surface area is 259 Å². The monoisotopic (exact) mass is 585 g/mol. The van der Waals surface area contributed by atoms with Crippen molar-refractivity contribution in [1.29, 1.82) is 0 Å². The fourth-order valence-corrected chi connectivity index (χ4v) is 5.46. The second-order valence-electron chi connectivity index (χ2n) is 11.2. The summed E-state index contributed by atoms with van der Waals surface area (Å²) < 4.78 is 0. The largest absolute Gasteiger partial charge is 0.345 e. The Morgan fingerprint density at radius 3 is 2.07 bits per heavy atom. The van der Waals surface area contributed by atoms with E-state index in [1.165, 1.54) is 37.9 Å². The lowest BCUT2D eigenvalue weighted by atomic mass is 10.00. The number of piperidine rings is 1. The van der Waals surface area contributed by atoms with Crippen LogP contribution in [0.25, 0.3) is 12.2 Å². The molecule has 1 atom stereocenters. The minimum absolute atomic E-state index is 0.194. The van der Waals surface area contributed by atoms with Gasteiger partial charge in [-0.2, -0.15) is 0 Å². The van der Waals surface area contributed by atoms with E-state index in [1.54, 1.807) is 30.3 Å². The molecule has 224 valence electrons. The highest BCUT2D eigenvalue weighted by molar-refractivity contribution is 6.02. The summed E-state index contributed by atoms with van der Waals surface area (Å²) >= 11 is 0. The van der Waals surface area contributed by atoms with E-state index in [0.29, 0.717) is 17.5 Å². The lowest BCUT2D eigenvalue weighted by molar-refractivity contribution is -0.119. The Bertz CT molecular complexity index is 1560. The topological polar surface area (TPSA) is 78.5 Å². The van der Waals surface area contributed by atoms with Crippen LogP contribution in [0.4, 0.5) is 0 Å². The van der Waals surface area contributed by atoms with Crippen molar-refractivity contribution in [2.45, 2.75) is 38.3 Å². The van der Waals surface area contributed by atoms with Crippen molar-refractivity contribution in [2.75, 3.05) is 19.6 Å². The summed E-state index contributed by atoms with van der Waals surface area (Å²) in [5, 5.41) is 5.65. The van der Waals surface area contributed by atoms with Gasteiger partial charge in [-0.25, -0.2) is 0 Å². The van der Waals surface area contributed by atoms with E-state index >= 15 is 0 Å². The molecule has 6 heteroatoms. The Balaban J connectivity index is 1.26. The van der Waals surface area contributed by atoms with Crippen LogP contribution in [0.3, 0.4) is 0 Å². The van der Waals surface area contributed by atoms with Crippen LogP contribution < -0.4 is 10.6 Å². The van der Waals surface area contributed by atoms with E-state index in [0.717, 1.165) is 23.2 Å². The van der Waals surface area contributed by atoms with Crippen LogP contribution in [0, 0.1) is 0 Å². The quantitative estimate of drug-likeness (QED) is 0.195. The van der Waals surface area contributed by atoms with Crippen molar-refractivity contribution in [3.63, 3.8) is 0 Å². The van der Waals surface area contributed by atoms with E-state index in [4.69, 9.17) is 0 Å². The number of amides is 2. The van der Waals surface area contributed by atoms with E-state index in [-0.39, 0.29) is 24.1 Å². The first-order chi connectivity index (χ1) is 21.5. The zero-order valence-corrected chi connectivity index (χ0v) is 25.0. The molecule has 1 heterocycles. The van der Waals surface area contributed by atoms with Crippen molar-refractivity contribution < 1.29 is 14.4 Å². The zero-order valence-electron chi connectivity index (χ0n) is 25.0. The highest BCUT2D eigenvalue weighted by Crippen LogP contribution is 2.17. The molecule has 2 N–H and O–H groups in total. The van der Waals surface area contributed by atoms with Crippen LogP contribution in [0.5, 0.6) is 0 Å². The Morgan fingerprint density at radius 1 is 0.682 bits per heavy atom. The standard InChI is InChI=1S/C38H39N3O3/c42-36(27-39-37(43)33-15-6-2-7-16-33)35(26-30-12-4-1-5-13-30)40-38(44)34-17-9-8-14-32(34)23-22-29-18-20-31(21-19-29)28-41-24-10-3-11-25-41/h1-2,4-9,12-23,35H,3,10-11,24-28H2,(H,39,43)(H,40,44)/t35-/m0/s1.